The maximum absolute atomic E-state index is 12.6. The predicted molar refractivity (Wildman–Crippen MR) is 122 cm³/mol. The number of phenolic OH excluding ortho intramolecular Hbond substituents is 1. The second kappa shape index (κ2) is 8.71. The van der Waals surface area contributed by atoms with E-state index in [1.807, 2.05) is 0 Å². The van der Waals surface area contributed by atoms with Crippen molar-refractivity contribution in [3.05, 3.63) is 59.2 Å². The van der Waals surface area contributed by atoms with Gasteiger partial charge in [-0.3, -0.25) is 0 Å². The summed E-state index contributed by atoms with van der Waals surface area (Å²) in [6.07, 6.45) is 2.30. The van der Waals surface area contributed by atoms with E-state index in [9.17, 15) is 24.9 Å². The number of rotatable bonds is 4. The van der Waals surface area contributed by atoms with Gasteiger partial charge in [-0.15, -0.1) is 0 Å². The molecule has 0 spiro atoms. The summed E-state index contributed by atoms with van der Waals surface area (Å²) in [6.45, 7) is 1.54. The molecule has 5 rings (SSSR count). The van der Waals surface area contributed by atoms with Crippen LogP contribution >= 0.6 is 0 Å². The van der Waals surface area contributed by atoms with Gasteiger partial charge in [0.25, 0.3) is 0 Å². The predicted octanol–water partition coefficient (Wildman–Crippen LogP) is 3.34. The summed E-state index contributed by atoms with van der Waals surface area (Å²) in [6, 6.07) is 11.6. The Morgan fingerprint density at radius 3 is 2.65 bits per heavy atom. The fraction of sp³-hybridized carbons (Fsp3) is 0.481. The van der Waals surface area contributed by atoms with Gasteiger partial charge in [-0.05, 0) is 79.0 Å². The Balaban J connectivity index is 1.35. The number of carbonyl (C=O) groups is 2. The van der Waals surface area contributed by atoms with Gasteiger partial charge < -0.3 is 24.8 Å². The van der Waals surface area contributed by atoms with E-state index in [0.29, 0.717) is 17.7 Å². The lowest BCUT2D eigenvalue weighted by atomic mass is 9.55. The molecule has 0 amide bonds. The molecule has 0 unspecified atom stereocenters. The first-order chi connectivity index (χ1) is 16.3. The van der Waals surface area contributed by atoms with E-state index in [-0.39, 0.29) is 28.9 Å². The number of aromatic hydroxyl groups is 1. The number of phenols is 1. The number of esters is 2. The molecule has 180 valence electrons. The molecule has 2 saturated carbocycles. The fourth-order valence-corrected chi connectivity index (χ4v) is 6.67. The first-order valence-corrected chi connectivity index (χ1v) is 11.9. The molecule has 0 radical (unpaired) electrons. The molecule has 0 saturated heterocycles. The third kappa shape index (κ3) is 3.87. The van der Waals surface area contributed by atoms with Gasteiger partial charge in [-0.25, -0.2) is 9.59 Å². The average molecular weight is 467 g/mol. The zero-order valence-corrected chi connectivity index (χ0v) is 19.1. The van der Waals surface area contributed by atoms with E-state index in [1.54, 1.807) is 36.4 Å². The lowest BCUT2D eigenvalue weighted by molar-refractivity contribution is -0.137. The Labute approximate surface area is 198 Å². The van der Waals surface area contributed by atoms with E-state index in [2.05, 4.69) is 6.92 Å². The SMILES string of the molecule is C[C@]12CC[C@@H]3c4c(cc(O)cc4OC(=O)COC(=O)c4ccccc4)CC[C@H]3[C@@H]1C[C@@H](O)[C@@H]2O. The van der Waals surface area contributed by atoms with Crippen LogP contribution in [0.4, 0.5) is 0 Å². The van der Waals surface area contributed by atoms with Crippen LogP contribution in [0, 0.1) is 17.3 Å². The van der Waals surface area contributed by atoms with Crippen LogP contribution in [0.25, 0.3) is 0 Å². The Morgan fingerprint density at radius 1 is 1.12 bits per heavy atom. The van der Waals surface area contributed by atoms with Crippen molar-refractivity contribution in [2.45, 2.75) is 57.2 Å². The van der Waals surface area contributed by atoms with Crippen LogP contribution in [0.5, 0.6) is 11.5 Å². The van der Waals surface area contributed by atoms with Crippen molar-refractivity contribution in [3.63, 3.8) is 0 Å². The molecule has 2 aromatic rings. The molecule has 0 aliphatic heterocycles. The summed E-state index contributed by atoms with van der Waals surface area (Å²) in [5.41, 5.74) is 1.89. The summed E-state index contributed by atoms with van der Waals surface area (Å²) in [5, 5.41) is 31.3. The quantitative estimate of drug-likeness (QED) is 0.468. The van der Waals surface area contributed by atoms with E-state index in [1.165, 1.54) is 6.07 Å². The van der Waals surface area contributed by atoms with Crippen LogP contribution in [-0.2, 0) is 16.0 Å². The van der Waals surface area contributed by atoms with Gasteiger partial charge in [-0.1, -0.05) is 25.1 Å². The molecule has 7 heteroatoms. The minimum Gasteiger partial charge on any atom is -0.508 e. The summed E-state index contributed by atoms with van der Waals surface area (Å²) in [4.78, 5) is 24.7. The number of ether oxygens (including phenoxy) is 2. The maximum atomic E-state index is 12.6. The van der Waals surface area contributed by atoms with E-state index in [0.717, 1.165) is 36.8 Å². The standard InChI is InChI=1S/C27H30O7/c1-27-10-9-19-18(20(27)13-21(29)25(27)31)8-7-16-11-17(28)12-22(24(16)19)34-23(30)14-33-26(32)15-5-3-2-4-6-15/h2-6,11-12,18-21,25,28-29,31H,7-10,13-14H2,1H3/t18-,19+,20+,21-,25+,27+/m1/s1. The average Bonchev–Trinajstić information content (AvgIpc) is 3.06. The largest absolute Gasteiger partial charge is 0.508 e. The number of aryl methyl sites for hydroxylation is 1. The van der Waals surface area contributed by atoms with Crippen molar-refractivity contribution in [3.8, 4) is 11.5 Å². The van der Waals surface area contributed by atoms with E-state index >= 15 is 0 Å². The molecule has 3 N–H and O–H groups in total. The minimum absolute atomic E-state index is 0.0219. The first kappa shape index (κ1) is 22.9. The summed E-state index contributed by atoms with van der Waals surface area (Å²) in [7, 11) is 0. The van der Waals surface area contributed by atoms with Gasteiger partial charge >= 0.3 is 11.9 Å². The van der Waals surface area contributed by atoms with Crippen molar-refractivity contribution < 1.29 is 34.4 Å². The van der Waals surface area contributed by atoms with Crippen molar-refractivity contribution >= 4 is 11.9 Å². The van der Waals surface area contributed by atoms with Crippen LogP contribution in [0.2, 0.25) is 0 Å². The zero-order valence-electron chi connectivity index (χ0n) is 19.1. The van der Waals surface area contributed by atoms with Crippen LogP contribution < -0.4 is 4.74 Å². The van der Waals surface area contributed by atoms with Gasteiger partial charge in [0.15, 0.2) is 6.61 Å². The molecular formula is C27H30O7. The number of aliphatic hydroxyl groups excluding tert-OH is 2. The summed E-state index contributed by atoms with van der Waals surface area (Å²) >= 11 is 0. The number of hydrogen-bond acceptors (Lipinski definition) is 7. The molecule has 2 aromatic carbocycles. The van der Waals surface area contributed by atoms with Gasteiger partial charge in [0, 0.05) is 11.6 Å². The van der Waals surface area contributed by atoms with Crippen LogP contribution in [0.15, 0.2) is 42.5 Å². The minimum atomic E-state index is -0.726. The number of fused-ring (bicyclic) bond motifs is 5. The van der Waals surface area contributed by atoms with Gasteiger partial charge in [0.2, 0.25) is 0 Å². The van der Waals surface area contributed by atoms with Gasteiger partial charge in [0.05, 0.1) is 17.8 Å². The van der Waals surface area contributed by atoms with Crippen molar-refractivity contribution in [1.82, 2.24) is 0 Å². The smallest absolute Gasteiger partial charge is 0.349 e. The Bertz CT molecular complexity index is 1100. The Morgan fingerprint density at radius 2 is 1.88 bits per heavy atom. The van der Waals surface area contributed by atoms with Gasteiger partial charge in [0.1, 0.15) is 11.5 Å². The first-order valence-electron chi connectivity index (χ1n) is 11.9. The number of hydrogen-bond donors (Lipinski definition) is 3. The fourth-order valence-electron chi connectivity index (χ4n) is 6.67. The molecule has 0 aromatic heterocycles. The lowest BCUT2D eigenvalue weighted by Gasteiger charge is -2.50. The highest BCUT2D eigenvalue weighted by atomic mass is 16.6. The third-order valence-electron chi connectivity index (χ3n) is 8.29. The van der Waals surface area contributed by atoms with Crippen molar-refractivity contribution in [2.24, 2.45) is 17.3 Å². The second-order valence-electron chi connectivity index (χ2n) is 10.1. The number of carbonyl (C=O) groups excluding carboxylic acids is 2. The van der Waals surface area contributed by atoms with Crippen LogP contribution in [-0.4, -0.2) is 46.1 Å². The normalized spacial score (nSPS) is 31.7. The number of aliphatic hydroxyl groups is 2. The topological polar surface area (TPSA) is 113 Å². The highest BCUT2D eigenvalue weighted by Crippen LogP contribution is 2.62. The molecule has 3 aliphatic carbocycles. The highest BCUT2D eigenvalue weighted by molar-refractivity contribution is 5.90. The van der Waals surface area contributed by atoms with Gasteiger partial charge in [-0.2, -0.15) is 0 Å². The highest BCUT2D eigenvalue weighted by Gasteiger charge is 2.58. The molecule has 0 bridgehead atoms. The van der Waals surface area contributed by atoms with E-state index in [4.69, 9.17) is 9.47 Å². The summed E-state index contributed by atoms with van der Waals surface area (Å²) in [5.74, 6) is -0.479. The third-order valence-corrected chi connectivity index (χ3v) is 8.29. The van der Waals surface area contributed by atoms with Crippen LogP contribution in [0.1, 0.15) is 60.0 Å². The molecule has 7 nitrogen and oxygen atoms in total. The second-order valence-corrected chi connectivity index (χ2v) is 10.1. The molecule has 2 fully saturated rings. The monoisotopic (exact) mass is 466 g/mol. The molecule has 0 heterocycles. The molecule has 6 atom stereocenters. The number of benzene rings is 2. The molecule has 3 aliphatic rings. The van der Waals surface area contributed by atoms with Crippen LogP contribution in [0.3, 0.4) is 0 Å². The van der Waals surface area contributed by atoms with Crippen molar-refractivity contribution in [2.75, 3.05) is 6.61 Å². The lowest BCUT2D eigenvalue weighted by Crippen LogP contribution is -2.45. The van der Waals surface area contributed by atoms with E-state index < -0.39 is 30.8 Å². The zero-order chi connectivity index (χ0) is 24.0. The maximum Gasteiger partial charge on any atom is 0.349 e. The molecule has 34 heavy (non-hydrogen) atoms. The van der Waals surface area contributed by atoms with Crippen molar-refractivity contribution in [1.29, 1.82) is 0 Å². The Kier molecular flexibility index (Phi) is 5.86. The molecular weight excluding hydrogens is 436 g/mol. The Hall–Kier alpha value is -2.90. The summed E-state index contributed by atoms with van der Waals surface area (Å²) < 4.78 is 10.7.